The van der Waals surface area contributed by atoms with E-state index in [1.54, 1.807) is 6.92 Å². The van der Waals surface area contributed by atoms with Gasteiger partial charge in [-0.05, 0) is 38.0 Å². The largest absolute Gasteiger partial charge is 0.494 e. The van der Waals surface area contributed by atoms with Crippen molar-refractivity contribution in [2.24, 2.45) is 0 Å². The summed E-state index contributed by atoms with van der Waals surface area (Å²) in [5.74, 6) is 1.72. The zero-order valence-electron chi connectivity index (χ0n) is 16.4. The van der Waals surface area contributed by atoms with Gasteiger partial charge in [-0.3, -0.25) is 4.79 Å². The van der Waals surface area contributed by atoms with Crippen LogP contribution in [0.2, 0.25) is 0 Å². The van der Waals surface area contributed by atoms with E-state index >= 15 is 0 Å². The highest BCUT2D eigenvalue weighted by Gasteiger charge is 2.39. The molecule has 1 aromatic carbocycles. The number of carbonyl (C=O) groups excluding carboxylic acids is 1. The predicted octanol–water partition coefficient (Wildman–Crippen LogP) is 4.24. The summed E-state index contributed by atoms with van der Waals surface area (Å²) in [5, 5.41) is 8.35. The summed E-state index contributed by atoms with van der Waals surface area (Å²) >= 11 is 0. The first kappa shape index (κ1) is 18.5. The van der Waals surface area contributed by atoms with E-state index in [2.05, 4.69) is 20.4 Å². The maximum Gasteiger partial charge on any atom is 0.268 e. The fraction of sp³-hybridized carbons (Fsp3) is 0.476. The Kier molecular flexibility index (Phi) is 5.07. The second-order valence-electron chi connectivity index (χ2n) is 7.45. The van der Waals surface area contributed by atoms with Gasteiger partial charge in [-0.2, -0.15) is 4.98 Å². The minimum atomic E-state index is -0.584. The van der Waals surface area contributed by atoms with E-state index in [0.29, 0.717) is 24.0 Å². The summed E-state index contributed by atoms with van der Waals surface area (Å²) in [4.78, 5) is 20.8. The molecule has 0 unspecified atom stereocenters. The third kappa shape index (κ3) is 3.61. The molecule has 7 nitrogen and oxygen atoms in total. The number of hydrogen-bond acceptors (Lipinski definition) is 5. The quantitative estimate of drug-likeness (QED) is 0.644. The van der Waals surface area contributed by atoms with Crippen molar-refractivity contribution in [2.75, 3.05) is 6.61 Å². The van der Waals surface area contributed by atoms with Crippen LogP contribution in [0, 0.1) is 6.92 Å². The molecule has 1 saturated carbocycles. The van der Waals surface area contributed by atoms with Gasteiger partial charge < -0.3 is 19.6 Å². The number of nitrogens with one attached hydrogen (secondary N) is 2. The van der Waals surface area contributed by atoms with Crippen molar-refractivity contribution in [3.63, 3.8) is 0 Å². The van der Waals surface area contributed by atoms with Gasteiger partial charge in [-0.15, -0.1) is 0 Å². The lowest BCUT2D eigenvalue weighted by Gasteiger charge is -2.30. The molecular formula is C21H26N4O3. The highest BCUT2D eigenvalue weighted by Crippen LogP contribution is 2.35. The number of hydrogen-bond donors (Lipinski definition) is 2. The van der Waals surface area contributed by atoms with Gasteiger partial charge in [-0.25, -0.2) is 0 Å². The van der Waals surface area contributed by atoms with Crippen molar-refractivity contribution < 1.29 is 14.1 Å². The van der Waals surface area contributed by atoms with Crippen LogP contribution >= 0.6 is 0 Å². The number of ether oxygens (including phenoxy) is 1. The number of aromatic amines is 1. The van der Waals surface area contributed by atoms with Gasteiger partial charge in [0.05, 0.1) is 6.61 Å². The zero-order valence-corrected chi connectivity index (χ0v) is 16.4. The van der Waals surface area contributed by atoms with E-state index < -0.39 is 5.54 Å². The molecule has 2 aromatic heterocycles. The number of nitrogens with zero attached hydrogens (tertiary/aromatic N) is 2. The average molecular weight is 382 g/mol. The molecule has 0 radical (unpaired) electrons. The van der Waals surface area contributed by atoms with Crippen LogP contribution < -0.4 is 10.1 Å². The van der Waals surface area contributed by atoms with Crippen molar-refractivity contribution in [2.45, 2.75) is 57.9 Å². The fourth-order valence-corrected chi connectivity index (χ4v) is 4.00. The zero-order chi connectivity index (χ0) is 19.6. The number of fused-ring (bicyclic) bond motifs is 1. The molecule has 7 heteroatoms. The van der Waals surface area contributed by atoms with E-state index in [1.165, 1.54) is 0 Å². The molecule has 2 heterocycles. The van der Waals surface area contributed by atoms with E-state index in [-0.39, 0.29) is 5.91 Å². The molecule has 0 aliphatic heterocycles. The molecule has 28 heavy (non-hydrogen) atoms. The van der Waals surface area contributed by atoms with Gasteiger partial charge in [0.15, 0.2) is 5.82 Å². The van der Waals surface area contributed by atoms with Gasteiger partial charge in [0.2, 0.25) is 5.89 Å². The topological polar surface area (TPSA) is 93.0 Å². The second kappa shape index (κ2) is 7.66. The van der Waals surface area contributed by atoms with E-state index in [1.807, 2.05) is 31.2 Å². The average Bonchev–Trinajstić information content (AvgIpc) is 3.23. The van der Waals surface area contributed by atoms with E-state index in [9.17, 15) is 4.79 Å². The minimum absolute atomic E-state index is 0.154. The molecule has 0 spiro atoms. The number of carbonyl (C=O) groups is 1. The molecule has 148 valence electrons. The van der Waals surface area contributed by atoms with Crippen LogP contribution in [0.1, 0.15) is 67.7 Å². The van der Waals surface area contributed by atoms with Gasteiger partial charge in [0, 0.05) is 23.9 Å². The molecular weight excluding hydrogens is 356 g/mol. The number of amides is 1. The highest BCUT2D eigenvalue weighted by molar-refractivity contribution is 5.98. The number of aryl methyl sites for hydroxylation is 1. The Morgan fingerprint density at radius 3 is 2.71 bits per heavy atom. The molecule has 0 saturated heterocycles. The summed E-state index contributed by atoms with van der Waals surface area (Å²) in [7, 11) is 0. The molecule has 4 rings (SSSR count). The van der Waals surface area contributed by atoms with Crippen LogP contribution in [0.15, 0.2) is 28.8 Å². The third-order valence-electron chi connectivity index (χ3n) is 5.42. The van der Waals surface area contributed by atoms with Gasteiger partial charge in [-0.1, -0.05) is 30.8 Å². The van der Waals surface area contributed by atoms with Crippen LogP contribution in [0.3, 0.4) is 0 Å². The maximum atomic E-state index is 13.1. The smallest absolute Gasteiger partial charge is 0.268 e. The summed E-state index contributed by atoms with van der Waals surface area (Å²) in [6.45, 7) is 4.33. The molecule has 0 atom stereocenters. The molecule has 1 amide bonds. The Morgan fingerprint density at radius 2 is 2.04 bits per heavy atom. The SMILES string of the molecule is CCOc1ccc2cc(C(=O)NC3(c4noc(C)n4)CCCCCC3)[nH]c2c1. The minimum Gasteiger partial charge on any atom is -0.494 e. The monoisotopic (exact) mass is 382 g/mol. The maximum absolute atomic E-state index is 13.1. The summed E-state index contributed by atoms with van der Waals surface area (Å²) in [6.07, 6.45) is 5.98. The number of benzene rings is 1. The molecule has 0 bridgehead atoms. The molecule has 1 aliphatic carbocycles. The Morgan fingerprint density at radius 1 is 1.25 bits per heavy atom. The Labute approximate surface area is 163 Å². The Hall–Kier alpha value is -2.83. The first-order valence-electron chi connectivity index (χ1n) is 9.98. The third-order valence-corrected chi connectivity index (χ3v) is 5.42. The Bertz CT molecular complexity index is 967. The van der Waals surface area contributed by atoms with Gasteiger partial charge in [0.25, 0.3) is 5.91 Å². The van der Waals surface area contributed by atoms with Crippen molar-refractivity contribution >= 4 is 16.8 Å². The lowest BCUT2D eigenvalue weighted by molar-refractivity contribution is 0.0872. The molecule has 2 N–H and O–H groups in total. The van der Waals surface area contributed by atoms with Crippen molar-refractivity contribution in [3.05, 3.63) is 41.7 Å². The predicted molar refractivity (Wildman–Crippen MR) is 105 cm³/mol. The number of H-pyrrole nitrogens is 1. The highest BCUT2D eigenvalue weighted by atomic mass is 16.5. The van der Waals surface area contributed by atoms with Crippen LogP contribution in [0.4, 0.5) is 0 Å². The van der Waals surface area contributed by atoms with Gasteiger partial charge in [0.1, 0.15) is 17.0 Å². The second-order valence-corrected chi connectivity index (χ2v) is 7.45. The van der Waals surface area contributed by atoms with Crippen LogP contribution in [0.25, 0.3) is 10.9 Å². The fourth-order valence-electron chi connectivity index (χ4n) is 4.00. The van der Waals surface area contributed by atoms with Crippen molar-refractivity contribution in [1.29, 1.82) is 0 Å². The standard InChI is InChI=1S/C21H26N4O3/c1-3-27-16-9-8-15-12-18(23-17(15)13-16)19(26)24-21(10-6-4-5-7-11-21)20-22-14(2)28-25-20/h8-9,12-13,23H,3-7,10-11H2,1-2H3,(H,24,26). The normalized spacial score (nSPS) is 16.6. The molecule has 1 aliphatic rings. The van der Waals surface area contributed by atoms with Crippen LogP contribution in [-0.2, 0) is 5.54 Å². The van der Waals surface area contributed by atoms with Crippen molar-refractivity contribution in [1.82, 2.24) is 20.4 Å². The van der Waals surface area contributed by atoms with E-state index in [0.717, 1.165) is 55.2 Å². The number of aromatic nitrogens is 3. The van der Waals surface area contributed by atoms with Gasteiger partial charge >= 0.3 is 0 Å². The molecule has 3 aromatic rings. The van der Waals surface area contributed by atoms with Crippen LogP contribution in [-0.4, -0.2) is 27.6 Å². The summed E-state index contributed by atoms with van der Waals surface area (Å²) in [6, 6.07) is 7.65. The first-order chi connectivity index (χ1) is 13.6. The lowest BCUT2D eigenvalue weighted by atomic mass is 9.89. The van der Waals surface area contributed by atoms with Crippen LogP contribution in [0.5, 0.6) is 5.75 Å². The molecule has 1 fully saturated rings. The lowest BCUT2D eigenvalue weighted by Crippen LogP contribution is -2.46. The summed E-state index contributed by atoms with van der Waals surface area (Å²) in [5.41, 5.74) is 0.813. The summed E-state index contributed by atoms with van der Waals surface area (Å²) < 4.78 is 10.8. The number of rotatable bonds is 5. The van der Waals surface area contributed by atoms with E-state index in [4.69, 9.17) is 9.26 Å². The first-order valence-corrected chi connectivity index (χ1v) is 9.98. The Balaban J connectivity index is 1.63. The van der Waals surface area contributed by atoms with Crippen molar-refractivity contribution in [3.8, 4) is 5.75 Å².